The van der Waals surface area contributed by atoms with Gasteiger partial charge in [-0.05, 0) is 40.0 Å². The molecule has 2 nitrogen and oxygen atoms in total. The van der Waals surface area contributed by atoms with Gasteiger partial charge in [-0.3, -0.25) is 0 Å². The van der Waals surface area contributed by atoms with Crippen molar-refractivity contribution in [1.29, 1.82) is 0 Å². The Labute approximate surface area is 60.9 Å². The summed E-state index contributed by atoms with van der Waals surface area (Å²) >= 11 is 4.69. The number of halogens is 1. The molecule has 5 heteroatoms. The van der Waals surface area contributed by atoms with Crippen LogP contribution in [0.1, 0.15) is 0 Å². The summed E-state index contributed by atoms with van der Waals surface area (Å²) in [5.74, 6) is 0. The summed E-state index contributed by atoms with van der Waals surface area (Å²) in [6.07, 6.45) is 0. The van der Waals surface area contributed by atoms with E-state index in [4.69, 9.17) is 0 Å². The van der Waals surface area contributed by atoms with Gasteiger partial charge >= 0.3 is 0 Å². The van der Waals surface area contributed by atoms with Crippen molar-refractivity contribution in [3.8, 4) is 0 Å². The molecule has 0 amide bonds. The third-order valence-electron chi connectivity index (χ3n) is 0.987. The van der Waals surface area contributed by atoms with Crippen molar-refractivity contribution in [3.63, 3.8) is 0 Å². The largest absolute Gasteiger partial charge is 0.245 e. The highest BCUT2D eigenvalue weighted by Crippen LogP contribution is 2.51. The van der Waals surface area contributed by atoms with Crippen molar-refractivity contribution in [2.75, 3.05) is 28.2 Å². The van der Waals surface area contributed by atoms with Crippen LogP contribution < -0.4 is 0 Å². The fourth-order valence-electron chi connectivity index (χ4n) is 0.358. The van der Waals surface area contributed by atoms with Gasteiger partial charge in [0.05, 0.1) is 0 Å². The molecule has 0 aromatic rings. The minimum Gasteiger partial charge on any atom is -0.245 e. The lowest BCUT2D eigenvalue weighted by Gasteiger charge is -2.25. The lowest BCUT2D eigenvalue weighted by Crippen LogP contribution is -2.17. The Hall–Kier alpha value is 0.500. The molecule has 0 saturated carbocycles. The average molecular weight is 170 g/mol. The highest BCUT2D eigenvalue weighted by atomic mass is 32.5. The van der Waals surface area contributed by atoms with Crippen molar-refractivity contribution in [2.45, 2.75) is 0 Å². The van der Waals surface area contributed by atoms with Crippen LogP contribution >= 0.6 is 6.65 Å². The minimum atomic E-state index is -2.84. The molecule has 0 radical (unpaired) electrons. The molecular formula is C4H12FN2PS. The molecule has 0 heterocycles. The van der Waals surface area contributed by atoms with Gasteiger partial charge in [0.1, 0.15) is 0 Å². The van der Waals surface area contributed by atoms with Gasteiger partial charge in [0.25, 0.3) is 0 Å². The fourth-order valence-corrected chi connectivity index (χ4v) is 1.07. The van der Waals surface area contributed by atoms with Gasteiger partial charge in [-0.15, -0.1) is 0 Å². The summed E-state index contributed by atoms with van der Waals surface area (Å²) in [6.45, 7) is -2.84. The zero-order valence-corrected chi connectivity index (χ0v) is 7.84. The van der Waals surface area contributed by atoms with Crippen LogP contribution in [0.2, 0.25) is 0 Å². The first-order chi connectivity index (χ1) is 3.89. The van der Waals surface area contributed by atoms with Gasteiger partial charge in [0.15, 0.2) is 0 Å². The number of hydrogen-bond acceptors (Lipinski definition) is 1. The first-order valence-corrected chi connectivity index (χ1v) is 5.14. The topological polar surface area (TPSA) is 6.48 Å². The van der Waals surface area contributed by atoms with Gasteiger partial charge in [0, 0.05) is 0 Å². The Kier molecular flexibility index (Phi) is 3.23. The summed E-state index contributed by atoms with van der Waals surface area (Å²) < 4.78 is 16.0. The van der Waals surface area contributed by atoms with Gasteiger partial charge in [0.2, 0.25) is 6.65 Å². The summed E-state index contributed by atoms with van der Waals surface area (Å²) in [5.41, 5.74) is 0. The Balaban J connectivity index is 4.21. The Morgan fingerprint density at radius 3 is 1.33 bits per heavy atom. The Morgan fingerprint density at radius 1 is 1.11 bits per heavy atom. The van der Waals surface area contributed by atoms with Gasteiger partial charge in [-0.2, -0.15) is 4.20 Å². The second-order valence-corrected chi connectivity index (χ2v) is 6.11. The molecule has 0 aromatic carbocycles. The third-order valence-corrected chi connectivity index (χ3v) is 4.92. The predicted octanol–water partition coefficient (Wildman–Crippen LogP) is 1.30. The van der Waals surface area contributed by atoms with Crippen LogP contribution in [0.5, 0.6) is 0 Å². The monoisotopic (exact) mass is 170 g/mol. The van der Waals surface area contributed by atoms with E-state index < -0.39 is 6.65 Å². The molecule has 0 aliphatic rings. The second kappa shape index (κ2) is 3.06. The lowest BCUT2D eigenvalue weighted by atomic mass is 11.3. The SMILES string of the molecule is CN(C)P(F)(=S)N(C)C. The van der Waals surface area contributed by atoms with E-state index in [1.54, 1.807) is 28.2 Å². The van der Waals surface area contributed by atoms with Crippen molar-refractivity contribution in [1.82, 2.24) is 9.34 Å². The number of hydrogen-bond donors (Lipinski definition) is 0. The molecule has 0 unspecified atom stereocenters. The summed E-state index contributed by atoms with van der Waals surface area (Å²) in [4.78, 5) is 0. The van der Waals surface area contributed by atoms with Crippen LogP contribution in [-0.2, 0) is 11.8 Å². The number of rotatable bonds is 2. The molecule has 0 aliphatic carbocycles. The van der Waals surface area contributed by atoms with E-state index in [1.165, 1.54) is 9.34 Å². The molecule has 0 fully saturated rings. The van der Waals surface area contributed by atoms with E-state index >= 15 is 0 Å². The summed E-state index contributed by atoms with van der Waals surface area (Å²) in [6, 6.07) is 0. The first-order valence-electron chi connectivity index (χ1n) is 2.54. The molecule has 9 heavy (non-hydrogen) atoms. The van der Waals surface area contributed by atoms with E-state index in [9.17, 15) is 4.20 Å². The normalized spacial score (nSPS) is 13.2. The number of nitrogens with zero attached hydrogens (tertiary/aromatic N) is 2. The van der Waals surface area contributed by atoms with Crippen molar-refractivity contribution >= 4 is 18.5 Å². The van der Waals surface area contributed by atoms with Crippen molar-refractivity contribution in [3.05, 3.63) is 0 Å². The third kappa shape index (κ3) is 2.30. The maximum atomic E-state index is 13.1. The van der Waals surface area contributed by atoms with Crippen LogP contribution in [0.4, 0.5) is 4.20 Å². The van der Waals surface area contributed by atoms with Gasteiger partial charge in [-0.25, -0.2) is 9.34 Å². The molecule has 56 valence electrons. The molecule has 0 bridgehead atoms. The molecule has 0 N–H and O–H groups in total. The van der Waals surface area contributed by atoms with Crippen LogP contribution in [-0.4, -0.2) is 37.5 Å². The molecule has 0 rings (SSSR count). The van der Waals surface area contributed by atoms with E-state index in [-0.39, 0.29) is 0 Å². The minimum absolute atomic E-state index is 1.45. The van der Waals surface area contributed by atoms with E-state index in [0.29, 0.717) is 0 Å². The van der Waals surface area contributed by atoms with Gasteiger partial charge < -0.3 is 0 Å². The fraction of sp³-hybridized carbons (Fsp3) is 1.00. The Morgan fingerprint density at radius 2 is 1.33 bits per heavy atom. The zero-order valence-electron chi connectivity index (χ0n) is 6.13. The molecule has 0 aromatic heterocycles. The molecule has 0 atom stereocenters. The van der Waals surface area contributed by atoms with Crippen molar-refractivity contribution < 1.29 is 4.20 Å². The Bertz CT molecular complexity index is 125. The van der Waals surface area contributed by atoms with Crippen LogP contribution in [0.3, 0.4) is 0 Å². The van der Waals surface area contributed by atoms with Crippen LogP contribution in [0, 0.1) is 0 Å². The van der Waals surface area contributed by atoms with Gasteiger partial charge in [-0.1, -0.05) is 0 Å². The molecule has 0 saturated heterocycles. The van der Waals surface area contributed by atoms with E-state index in [0.717, 1.165) is 0 Å². The summed E-state index contributed by atoms with van der Waals surface area (Å²) in [7, 11) is 6.61. The van der Waals surface area contributed by atoms with E-state index in [1.807, 2.05) is 0 Å². The quantitative estimate of drug-likeness (QED) is 0.577. The molecular weight excluding hydrogens is 158 g/mol. The van der Waals surface area contributed by atoms with Crippen molar-refractivity contribution in [2.24, 2.45) is 0 Å². The van der Waals surface area contributed by atoms with Crippen LogP contribution in [0.15, 0.2) is 0 Å². The highest BCUT2D eigenvalue weighted by Gasteiger charge is 2.20. The maximum Gasteiger partial charge on any atom is 0.245 e. The second-order valence-electron chi connectivity index (χ2n) is 2.17. The zero-order chi connectivity index (χ0) is 7.65. The predicted molar refractivity (Wildman–Crippen MR) is 42.8 cm³/mol. The standard InChI is InChI=1S/C4H12FN2PS/c1-6(2)8(5,9)7(3)4/h1-4H3. The first kappa shape index (κ1) is 9.50. The molecule has 0 aliphatic heterocycles. The highest BCUT2D eigenvalue weighted by molar-refractivity contribution is 8.09. The molecule has 0 spiro atoms. The maximum absolute atomic E-state index is 13.1. The average Bonchev–Trinajstić information content (AvgIpc) is 1.65. The van der Waals surface area contributed by atoms with Crippen LogP contribution in [0.25, 0.3) is 0 Å². The smallest absolute Gasteiger partial charge is 0.245 e. The van der Waals surface area contributed by atoms with E-state index in [2.05, 4.69) is 11.8 Å². The lowest BCUT2D eigenvalue weighted by molar-refractivity contribution is 0.516. The summed E-state index contributed by atoms with van der Waals surface area (Å²) in [5, 5.41) is 0.